The van der Waals surface area contributed by atoms with Gasteiger partial charge >= 0.3 is 5.97 Å². The summed E-state index contributed by atoms with van der Waals surface area (Å²) in [6.07, 6.45) is 0.789. The van der Waals surface area contributed by atoms with Crippen LogP contribution in [0.4, 0.5) is 5.69 Å². The molecule has 118 valence electrons. The lowest BCUT2D eigenvalue weighted by Crippen LogP contribution is -2.32. The zero-order valence-electron chi connectivity index (χ0n) is 13.0. The van der Waals surface area contributed by atoms with Gasteiger partial charge in [-0.1, -0.05) is 13.8 Å². The fourth-order valence-electron chi connectivity index (χ4n) is 1.91. The van der Waals surface area contributed by atoms with Crippen LogP contribution in [0.25, 0.3) is 6.08 Å². The summed E-state index contributed by atoms with van der Waals surface area (Å²) in [4.78, 5) is 33.5. The molecule has 0 aliphatic carbocycles. The van der Waals surface area contributed by atoms with Gasteiger partial charge in [0, 0.05) is 19.1 Å². The average molecular weight is 305 g/mol. The van der Waals surface area contributed by atoms with Crippen molar-refractivity contribution in [3.8, 4) is 0 Å². The molecule has 0 saturated carbocycles. The van der Waals surface area contributed by atoms with Crippen molar-refractivity contribution in [1.82, 2.24) is 0 Å². The number of hydrogen-bond acceptors (Lipinski definition) is 5. The molecule has 0 spiro atoms. The summed E-state index contributed by atoms with van der Waals surface area (Å²) in [5, 5.41) is 10.6. The molecule has 0 aliphatic rings. The minimum Gasteiger partial charge on any atom is -0.454 e. The molecule has 0 saturated heterocycles. The van der Waals surface area contributed by atoms with Crippen molar-refractivity contribution in [3.05, 3.63) is 45.5 Å². The first-order chi connectivity index (χ1) is 10.2. The van der Waals surface area contributed by atoms with Crippen molar-refractivity contribution in [1.29, 1.82) is 0 Å². The number of non-ortho nitro benzene ring substituents is 1. The summed E-state index contributed by atoms with van der Waals surface area (Å²) in [6, 6.07) is 5.86. The van der Waals surface area contributed by atoms with E-state index in [-0.39, 0.29) is 17.4 Å². The zero-order chi connectivity index (χ0) is 16.9. The van der Waals surface area contributed by atoms with Gasteiger partial charge in [-0.05, 0) is 42.2 Å². The van der Waals surface area contributed by atoms with Crippen LogP contribution in [0, 0.1) is 16.0 Å². The Balaban J connectivity index is 2.96. The van der Waals surface area contributed by atoms with Crippen LogP contribution in [0.1, 0.15) is 33.3 Å². The van der Waals surface area contributed by atoms with Gasteiger partial charge in [-0.3, -0.25) is 19.7 Å². The Kier molecular flexibility index (Phi) is 5.98. The molecule has 1 rings (SSSR count). The highest BCUT2D eigenvalue weighted by molar-refractivity contribution is 6.02. The number of rotatable bonds is 6. The summed E-state index contributed by atoms with van der Waals surface area (Å²) in [7, 11) is 0. The molecule has 1 aromatic rings. The second-order valence-electron chi connectivity index (χ2n) is 5.31. The number of ketones is 1. The van der Waals surface area contributed by atoms with E-state index in [1.807, 2.05) is 0 Å². The van der Waals surface area contributed by atoms with E-state index in [0.29, 0.717) is 11.1 Å². The van der Waals surface area contributed by atoms with E-state index in [9.17, 15) is 19.7 Å². The number of carbonyl (C=O) groups is 2. The van der Waals surface area contributed by atoms with Crippen LogP contribution in [-0.2, 0) is 14.3 Å². The van der Waals surface area contributed by atoms with Gasteiger partial charge in [0.1, 0.15) is 0 Å². The monoisotopic (exact) mass is 305 g/mol. The average Bonchev–Trinajstić information content (AvgIpc) is 2.44. The van der Waals surface area contributed by atoms with Gasteiger partial charge in [-0.2, -0.15) is 0 Å². The first-order valence-electron chi connectivity index (χ1n) is 6.86. The van der Waals surface area contributed by atoms with Crippen LogP contribution >= 0.6 is 0 Å². The van der Waals surface area contributed by atoms with E-state index >= 15 is 0 Å². The first-order valence-corrected chi connectivity index (χ1v) is 6.86. The molecule has 0 bridgehead atoms. The maximum atomic E-state index is 12.3. The van der Waals surface area contributed by atoms with Crippen LogP contribution in [0.2, 0.25) is 0 Å². The summed E-state index contributed by atoms with van der Waals surface area (Å²) < 4.78 is 5.06. The number of ether oxygens (including phenoxy) is 1. The quantitative estimate of drug-likeness (QED) is 0.349. The molecule has 6 heteroatoms. The lowest BCUT2D eigenvalue weighted by Gasteiger charge is -2.19. The van der Waals surface area contributed by atoms with Crippen LogP contribution in [0.3, 0.4) is 0 Å². The van der Waals surface area contributed by atoms with Gasteiger partial charge in [0.05, 0.1) is 4.92 Å². The predicted octanol–water partition coefficient (Wildman–Crippen LogP) is 3.15. The third-order valence-corrected chi connectivity index (χ3v) is 3.03. The Morgan fingerprint density at radius 3 is 2.14 bits per heavy atom. The van der Waals surface area contributed by atoms with E-state index < -0.39 is 17.0 Å². The lowest BCUT2D eigenvalue weighted by molar-refractivity contribution is -0.384. The molecule has 22 heavy (non-hydrogen) atoms. The minimum atomic E-state index is -0.827. The third-order valence-electron chi connectivity index (χ3n) is 3.03. The second kappa shape index (κ2) is 7.49. The molecule has 0 heterocycles. The van der Waals surface area contributed by atoms with Gasteiger partial charge in [-0.25, -0.2) is 0 Å². The third kappa shape index (κ3) is 4.80. The summed E-state index contributed by atoms with van der Waals surface area (Å²) in [5.74, 6) is -0.921. The highest BCUT2D eigenvalue weighted by Crippen LogP contribution is 2.18. The Morgan fingerprint density at radius 1 is 1.18 bits per heavy atom. The standard InChI is InChI=1S/C16H19NO5/c1-10(2)16(22-12(4)18)15(19)11(3)9-13-5-7-14(8-6-13)17(20)21/h5-10,16H,1-4H3/b11-9+. The number of hydrogen-bond donors (Lipinski definition) is 0. The number of Topliss-reactive ketones (excluding diaryl/α,β-unsaturated/α-hetero) is 1. The van der Waals surface area contributed by atoms with Crippen molar-refractivity contribution in [2.45, 2.75) is 33.8 Å². The number of benzene rings is 1. The number of carbonyl (C=O) groups excluding carboxylic acids is 2. The highest BCUT2D eigenvalue weighted by Gasteiger charge is 2.26. The van der Waals surface area contributed by atoms with E-state index in [0.717, 1.165) is 0 Å². The topological polar surface area (TPSA) is 86.5 Å². The van der Waals surface area contributed by atoms with Crippen LogP contribution in [0.5, 0.6) is 0 Å². The van der Waals surface area contributed by atoms with Gasteiger partial charge < -0.3 is 4.74 Å². The lowest BCUT2D eigenvalue weighted by atomic mass is 9.97. The molecule has 1 unspecified atom stereocenters. The fraction of sp³-hybridized carbons (Fsp3) is 0.375. The maximum Gasteiger partial charge on any atom is 0.303 e. The van der Waals surface area contributed by atoms with Crippen LogP contribution in [-0.4, -0.2) is 22.8 Å². The van der Waals surface area contributed by atoms with Crippen LogP contribution in [0.15, 0.2) is 29.8 Å². The van der Waals surface area contributed by atoms with Crippen molar-refractivity contribution < 1.29 is 19.2 Å². The minimum absolute atomic E-state index is 0.0129. The molecular formula is C16H19NO5. The summed E-state index contributed by atoms with van der Waals surface area (Å²) >= 11 is 0. The first kappa shape index (κ1) is 17.6. The Morgan fingerprint density at radius 2 is 1.73 bits per heavy atom. The van der Waals surface area contributed by atoms with Gasteiger partial charge in [0.15, 0.2) is 11.9 Å². The SMILES string of the molecule is CC(=O)OC(C(=O)/C(C)=C/c1ccc([N+](=O)[O-])cc1)C(C)C. The van der Waals surface area contributed by atoms with Gasteiger partial charge in [-0.15, -0.1) is 0 Å². The van der Waals surface area contributed by atoms with Gasteiger partial charge in [0.2, 0.25) is 0 Å². The largest absolute Gasteiger partial charge is 0.454 e. The van der Waals surface area contributed by atoms with E-state index in [2.05, 4.69) is 0 Å². The molecule has 0 aromatic heterocycles. The number of nitrogens with zero attached hydrogens (tertiary/aromatic N) is 1. The van der Waals surface area contributed by atoms with E-state index in [4.69, 9.17) is 4.74 Å². The molecule has 0 amide bonds. The molecule has 6 nitrogen and oxygen atoms in total. The maximum absolute atomic E-state index is 12.3. The molecule has 1 atom stereocenters. The van der Waals surface area contributed by atoms with Crippen molar-refractivity contribution in [2.75, 3.05) is 0 Å². The Labute approximate surface area is 128 Å². The smallest absolute Gasteiger partial charge is 0.303 e. The molecule has 0 aliphatic heterocycles. The second-order valence-corrected chi connectivity index (χ2v) is 5.31. The number of esters is 1. The number of nitro groups is 1. The Hall–Kier alpha value is -2.50. The highest BCUT2D eigenvalue weighted by atomic mass is 16.6. The summed E-state index contributed by atoms with van der Waals surface area (Å²) in [6.45, 7) is 6.48. The zero-order valence-corrected chi connectivity index (χ0v) is 13.0. The molecule has 0 radical (unpaired) electrons. The van der Waals surface area contributed by atoms with Crippen molar-refractivity contribution in [2.24, 2.45) is 5.92 Å². The van der Waals surface area contributed by atoms with E-state index in [1.165, 1.54) is 19.1 Å². The van der Waals surface area contributed by atoms with E-state index in [1.54, 1.807) is 39.0 Å². The molecule has 0 fully saturated rings. The predicted molar refractivity (Wildman–Crippen MR) is 82.1 cm³/mol. The van der Waals surface area contributed by atoms with Crippen LogP contribution < -0.4 is 0 Å². The molecule has 1 aromatic carbocycles. The summed E-state index contributed by atoms with van der Waals surface area (Å²) in [5.41, 5.74) is 1.08. The van der Waals surface area contributed by atoms with Crippen molar-refractivity contribution in [3.63, 3.8) is 0 Å². The Bertz CT molecular complexity index is 601. The number of nitro benzene ring substituents is 1. The van der Waals surface area contributed by atoms with Crippen molar-refractivity contribution >= 4 is 23.5 Å². The molecule has 0 N–H and O–H groups in total. The fourth-order valence-corrected chi connectivity index (χ4v) is 1.91. The van der Waals surface area contributed by atoms with Gasteiger partial charge in [0.25, 0.3) is 5.69 Å². The molecular weight excluding hydrogens is 286 g/mol. The normalized spacial score (nSPS) is 12.9.